The van der Waals surface area contributed by atoms with E-state index in [9.17, 15) is 13.2 Å². The molecule has 2 heterocycles. The van der Waals surface area contributed by atoms with Crippen LogP contribution in [0.5, 0.6) is 0 Å². The van der Waals surface area contributed by atoms with E-state index >= 15 is 0 Å². The summed E-state index contributed by atoms with van der Waals surface area (Å²) in [6.45, 7) is 4.89. The van der Waals surface area contributed by atoms with E-state index in [0.29, 0.717) is 24.9 Å². The highest BCUT2D eigenvalue weighted by Gasteiger charge is 2.52. The summed E-state index contributed by atoms with van der Waals surface area (Å²) in [6, 6.07) is 0. The van der Waals surface area contributed by atoms with Crippen LogP contribution < -0.4 is 0 Å². The lowest BCUT2D eigenvalue weighted by Crippen LogP contribution is -2.61. The van der Waals surface area contributed by atoms with E-state index < -0.39 is 10.0 Å². The number of nitrogens with zero attached hydrogens (tertiary/aromatic N) is 2. The van der Waals surface area contributed by atoms with Gasteiger partial charge in [-0.25, -0.2) is 12.7 Å². The van der Waals surface area contributed by atoms with Crippen LogP contribution in [0.4, 0.5) is 0 Å². The van der Waals surface area contributed by atoms with Gasteiger partial charge in [-0.05, 0) is 25.2 Å². The van der Waals surface area contributed by atoms with E-state index in [4.69, 9.17) is 0 Å². The first-order valence-corrected chi connectivity index (χ1v) is 8.88. The summed E-state index contributed by atoms with van der Waals surface area (Å²) in [5.41, 5.74) is 0.0497. The van der Waals surface area contributed by atoms with Gasteiger partial charge in [-0.2, -0.15) is 0 Å². The van der Waals surface area contributed by atoms with Crippen LogP contribution in [0.3, 0.4) is 0 Å². The van der Waals surface area contributed by atoms with Crippen LogP contribution in [-0.4, -0.2) is 56.0 Å². The molecule has 108 valence electrons. The number of sulfonamides is 1. The summed E-state index contributed by atoms with van der Waals surface area (Å²) in [6.07, 6.45) is 4.21. The van der Waals surface area contributed by atoms with Crippen LogP contribution in [0, 0.1) is 17.3 Å². The van der Waals surface area contributed by atoms with Crippen molar-refractivity contribution >= 4 is 15.9 Å². The Bertz CT molecular complexity index is 490. The fourth-order valence-electron chi connectivity index (χ4n) is 3.72. The SMILES string of the molecule is CC1CC(C(=O)N2CC3(CCN(S(C)(=O)=O)C3)C2)C1. The molecule has 0 bridgehead atoms. The molecule has 2 saturated heterocycles. The fourth-order valence-corrected chi connectivity index (χ4v) is 4.65. The summed E-state index contributed by atoms with van der Waals surface area (Å²) in [7, 11) is -3.07. The number of hydrogen-bond donors (Lipinski definition) is 0. The zero-order valence-electron chi connectivity index (χ0n) is 11.6. The average molecular weight is 286 g/mol. The highest BCUT2D eigenvalue weighted by Crippen LogP contribution is 2.43. The van der Waals surface area contributed by atoms with Crippen LogP contribution >= 0.6 is 0 Å². The van der Waals surface area contributed by atoms with Gasteiger partial charge in [0, 0.05) is 37.5 Å². The molecule has 0 radical (unpaired) electrons. The van der Waals surface area contributed by atoms with Crippen molar-refractivity contribution < 1.29 is 13.2 Å². The van der Waals surface area contributed by atoms with Crippen molar-refractivity contribution in [2.45, 2.75) is 26.2 Å². The molecular weight excluding hydrogens is 264 g/mol. The Hall–Kier alpha value is -0.620. The van der Waals surface area contributed by atoms with Gasteiger partial charge < -0.3 is 4.90 Å². The normalized spacial score (nSPS) is 34.1. The van der Waals surface area contributed by atoms with Crippen LogP contribution in [0.1, 0.15) is 26.2 Å². The van der Waals surface area contributed by atoms with Gasteiger partial charge >= 0.3 is 0 Å². The second-order valence-electron chi connectivity index (χ2n) is 6.81. The summed E-state index contributed by atoms with van der Waals surface area (Å²) in [5.74, 6) is 1.22. The largest absolute Gasteiger partial charge is 0.341 e. The van der Waals surface area contributed by atoms with Gasteiger partial charge in [0.15, 0.2) is 0 Å². The predicted octanol–water partition coefficient (Wildman–Crippen LogP) is 0.526. The molecule has 0 aromatic rings. The summed E-state index contributed by atoms with van der Waals surface area (Å²) < 4.78 is 24.6. The van der Waals surface area contributed by atoms with Crippen molar-refractivity contribution in [3.63, 3.8) is 0 Å². The minimum atomic E-state index is -3.07. The minimum Gasteiger partial charge on any atom is -0.341 e. The van der Waals surface area contributed by atoms with Crippen molar-refractivity contribution in [1.29, 1.82) is 0 Å². The molecule has 0 aromatic heterocycles. The molecule has 5 nitrogen and oxygen atoms in total. The van der Waals surface area contributed by atoms with Crippen LogP contribution in [-0.2, 0) is 14.8 Å². The van der Waals surface area contributed by atoms with E-state index in [1.165, 1.54) is 6.26 Å². The molecule has 3 fully saturated rings. The number of amides is 1. The highest BCUT2D eigenvalue weighted by molar-refractivity contribution is 7.88. The first-order chi connectivity index (χ1) is 8.79. The minimum absolute atomic E-state index is 0.0497. The molecule has 0 atom stereocenters. The second kappa shape index (κ2) is 4.19. The monoisotopic (exact) mass is 286 g/mol. The number of carbonyl (C=O) groups is 1. The maximum Gasteiger partial charge on any atom is 0.225 e. The van der Waals surface area contributed by atoms with E-state index in [-0.39, 0.29) is 11.3 Å². The van der Waals surface area contributed by atoms with E-state index in [2.05, 4.69) is 6.92 Å². The Morgan fingerprint density at radius 3 is 2.32 bits per heavy atom. The Labute approximate surface area is 115 Å². The maximum atomic E-state index is 12.2. The molecule has 1 spiro atoms. The Kier molecular flexibility index (Phi) is 2.94. The second-order valence-corrected chi connectivity index (χ2v) is 8.80. The van der Waals surface area contributed by atoms with Gasteiger partial charge in [0.1, 0.15) is 0 Å². The van der Waals surface area contributed by atoms with E-state index in [1.54, 1.807) is 4.31 Å². The third-order valence-corrected chi connectivity index (χ3v) is 6.21. The maximum absolute atomic E-state index is 12.2. The number of carbonyl (C=O) groups excluding carboxylic acids is 1. The lowest BCUT2D eigenvalue weighted by atomic mass is 9.72. The van der Waals surface area contributed by atoms with E-state index in [0.717, 1.165) is 32.4 Å². The molecule has 0 unspecified atom stereocenters. The molecular formula is C13H22N2O3S. The predicted molar refractivity (Wildman–Crippen MR) is 71.9 cm³/mol. The van der Waals surface area contributed by atoms with Crippen molar-refractivity contribution in [3.05, 3.63) is 0 Å². The molecule has 6 heteroatoms. The Morgan fingerprint density at radius 2 is 1.84 bits per heavy atom. The third-order valence-electron chi connectivity index (χ3n) is 4.96. The zero-order valence-corrected chi connectivity index (χ0v) is 12.4. The zero-order chi connectivity index (χ0) is 13.8. The first kappa shape index (κ1) is 13.4. The Morgan fingerprint density at radius 1 is 1.21 bits per heavy atom. The average Bonchev–Trinajstić information content (AvgIpc) is 2.66. The molecule has 3 rings (SSSR count). The van der Waals surface area contributed by atoms with Crippen molar-refractivity contribution in [3.8, 4) is 0 Å². The quantitative estimate of drug-likeness (QED) is 0.744. The number of likely N-dealkylation sites (tertiary alicyclic amines) is 1. The molecule has 1 amide bonds. The smallest absolute Gasteiger partial charge is 0.225 e. The number of hydrogen-bond acceptors (Lipinski definition) is 3. The van der Waals surface area contributed by atoms with Gasteiger partial charge in [0.25, 0.3) is 0 Å². The molecule has 1 aliphatic carbocycles. The summed E-state index contributed by atoms with van der Waals surface area (Å²) in [4.78, 5) is 14.1. The summed E-state index contributed by atoms with van der Waals surface area (Å²) >= 11 is 0. The van der Waals surface area contributed by atoms with Gasteiger partial charge in [-0.15, -0.1) is 0 Å². The highest BCUT2D eigenvalue weighted by atomic mass is 32.2. The third kappa shape index (κ3) is 2.29. The van der Waals surface area contributed by atoms with Crippen LogP contribution in [0.2, 0.25) is 0 Å². The molecule has 2 aliphatic heterocycles. The molecule has 19 heavy (non-hydrogen) atoms. The lowest BCUT2D eigenvalue weighted by molar-refractivity contribution is -0.151. The topological polar surface area (TPSA) is 57.7 Å². The fraction of sp³-hybridized carbons (Fsp3) is 0.923. The van der Waals surface area contributed by atoms with Gasteiger partial charge in [0.2, 0.25) is 15.9 Å². The van der Waals surface area contributed by atoms with Gasteiger partial charge in [-0.3, -0.25) is 4.79 Å². The first-order valence-electron chi connectivity index (χ1n) is 7.03. The van der Waals surface area contributed by atoms with Crippen LogP contribution in [0.25, 0.3) is 0 Å². The van der Waals surface area contributed by atoms with Crippen molar-refractivity contribution in [2.24, 2.45) is 17.3 Å². The van der Waals surface area contributed by atoms with Gasteiger partial charge in [-0.1, -0.05) is 6.92 Å². The van der Waals surface area contributed by atoms with E-state index in [1.807, 2.05) is 4.90 Å². The molecule has 3 aliphatic rings. The molecule has 0 N–H and O–H groups in total. The van der Waals surface area contributed by atoms with Crippen molar-refractivity contribution in [1.82, 2.24) is 9.21 Å². The molecule has 0 aromatic carbocycles. The van der Waals surface area contributed by atoms with Gasteiger partial charge in [0.05, 0.1) is 6.26 Å². The molecule has 1 saturated carbocycles. The number of rotatable bonds is 2. The van der Waals surface area contributed by atoms with Crippen molar-refractivity contribution in [2.75, 3.05) is 32.4 Å². The lowest BCUT2D eigenvalue weighted by Gasteiger charge is -2.50. The standard InChI is InChI=1S/C13H22N2O3S/c1-10-5-11(6-10)12(16)14-7-13(8-14)3-4-15(9-13)19(2,17)18/h10-11H,3-9H2,1-2H3. The van der Waals surface area contributed by atoms with Crippen LogP contribution in [0.15, 0.2) is 0 Å². The summed E-state index contributed by atoms with van der Waals surface area (Å²) in [5, 5.41) is 0. The Balaban J connectivity index is 1.54.